The van der Waals surface area contributed by atoms with Crippen LogP contribution in [0.25, 0.3) is 0 Å². The average Bonchev–Trinajstić information content (AvgIpc) is 3.01. The first-order valence-corrected chi connectivity index (χ1v) is 8.32. The van der Waals surface area contributed by atoms with Crippen LogP contribution in [-0.2, 0) is 17.6 Å². The van der Waals surface area contributed by atoms with Gasteiger partial charge in [0.05, 0.1) is 6.61 Å². The van der Waals surface area contributed by atoms with Gasteiger partial charge in [-0.3, -0.25) is 4.79 Å². The van der Waals surface area contributed by atoms with Crippen molar-refractivity contribution in [1.82, 2.24) is 10.6 Å². The zero-order chi connectivity index (χ0) is 15.4. The summed E-state index contributed by atoms with van der Waals surface area (Å²) in [7, 11) is 1.74. The fourth-order valence-electron chi connectivity index (χ4n) is 3.72. The quantitative estimate of drug-likeness (QED) is 0.866. The van der Waals surface area contributed by atoms with Gasteiger partial charge in [-0.05, 0) is 68.5 Å². The summed E-state index contributed by atoms with van der Waals surface area (Å²) in [5.41, 5.74) is 3.63. The van der Waals surface area contributed by atoms with Crippen LogP contribution in [0.4, 0.5) is 0 Å². The number of ether oxygens (including phenoxy) is 1. The number of halogens is 1. The van der Waals surface area contributed by atoms with E-state index in [1.807, 2.05) is 6.07 Å². The molecule has 1 aromatic carbocycles. The van der Waals surface area contributed by atoms with E-state index in [4.69, 9.17) is 4.74 Å². The summed E-state index contributed by atoms with van der Waals surface area (Å²) in [6.45, 7) is 3.40. The van der Waals surface area contributed by atoms with Gasteiger partial charge >= 0.3 is 0 Å². The number of hydrogen-bond acceptors (Lipinski definition) is 3. The highest BCUT2D eigenvalue weighted by atomic mass is 35.5. The van der Waals surface area contributed by atoms with Crippen molar-refractivity contribution >= 4 is 18.3 Å². The molecule has 0 spiro atoms. The fraction of sp³-hybridized carbons (Fsp3) is 0.611. The molecule has 1 aliphatic carbocycles. The van der Waals surface area contributed by atoms with Gasteiger partial charge in [-0.1, -0.05) is 6.07 Å². The van der Waals surface area contributed by atoms with Gasteiger partial charge in [0.1, 0.15) is 0 Å². The molecule has 0 bridgehead atoms. The second-order valence-electron chi connectivity index (χ2n) is 6.70. The highest BCUT2D eigenvalue weighted by molar-refractivity contribution is 5.94. The first-order valence-electron chi connectivity index (χ1n) is 8.32. The van der Waals surface area contributed by atoms with Crippen LogP contribution < -0.4 is 10.6 Å². The van der Waals surface area contributed by atoms with Crippen LogP contribution in [0, 0.1) is 5.41 Å². The van der Waals surface area contributed by atoms with Crippen molar-refractivity contribution in [1.29, 1.82) is 0 Å². The number of amides is 1. The molecule has 128 valence electrons. The van der Waals surface area contributed by atoms with E-state index >= 15 is 0 Å². The Kier molecular flexibility index (Phi) is 6.45. The van der Waals surface area contributed by atoms with Gasteiger partial charge in [0.25, 0.3) is 5.91 Å². The second kappa shape index (κ2) is 8.13. The van der Waals surface area contributed by atoms with Gasteiger partial charge in [-0.2, -0.15) is 0 Å². The first-order chi connectivity index (χ1) is 10.7. The predicted molar refractivity (Wildman–Crippen MR) is 94.5 cm³/mol. The van der Waals surface area contributed by atoms with E-state index in [-0.39, 0.29) is 23.7 Å². The molecule has 1 aromatic rings. The zero-order valence-electron chi connectivity index (χ0n) is 13.8. The number of fused-ring (bicyclic) bond motifs is 1. The molecule has 1 saturated heterocycles. The summed E-state index contributed by atoms with van der Waals surface area (Å²) in [6, 6.07) is 6.15. The summed E-state index contributed by atoms with van der Waals surface area (Å²) in [5.74, 6) is 0.0451. The van der Waals surface area contributed by atoms with Gasteiger partial charge in [0, 0.05) is 24.6 Å². The van der Waals surface area contributed by atoms with Crippen LogP contribution in [0.5, 0.6) is 0 Å². The summed E-state index contributed by atoms with van der Waals surface area (Å²) < 4.78 is 5.40. The fourth-order valence-corrected chi connectivity index (χ4v) is 3.72. The molecule has 1 amide bonds. The number of hydrogen-bond donors (Lipinski definition) is 2. The molecule has 0 radical (unpaired) electrons. The number of carbonyl (C=O) groups excluding carboxylic acids is 1. The minimum absolute atomic E-state index is 0. The molecule has 0 atom stereocenters. The van der Waals surface area contributed by atoms with E-state index in [9.17, 15) is 4.79 Å². The lowest BCUT2D eigenvalue weighted by molar-refractivity contribution is 0.0511. The number of piperidine rings is 1. The lowest BCUT2D eigenvalue weighted by atomic mass is 9.79. The van der Waals surface area contributed by atoms with Gasteiger partial charge in [0.15, 0.2) is 0 Å². The number of benzene rings is 1. The van der Waals surface area contributed by atoms with E-state index in [1.54, 1.807) is 7.11 Å². The summed E-state index contributed by atoms with van der Waals surface area (Å²) in [5, 5.41) is 6.52. The van der Waals surface area contributed by atoms with Crippen molar-refractivity contribution in [3.63, 3.8) is 0 Å². The molecule has 23 heavy (non-hydrogen) atoms. The predicted octanol–water partition coefficient (Wildman–Crippen LogP) is 2.34. The van der Waals surface area contributed by atoms with Gasteiger partial charge < -0.3 is 15.4 Å². The summed E-state index contributed by atoms with van der Waals surface area (Å²) in [4.78, 5) is 12.5. The van der Waals surface area contributed by atoms with Gasteiger partial charge in [-0.25, -0.2) is 0 Å². The van der Waals surface area contributed by atoms with Crippen molar-refractivity contribution in [3.8, 4) is 0 Å². The number of carbonyl (C=O) groups is 1. The third-order valence-corrected chi connectivity index (χ3v) is 5.10. The van der Waals surface area contributed by atoms with Gasteiger partial charge in [0.2, 0.25) is 0 Å². The van der Waals surface area contributed by atoms with Crippen LogP contribution >= 0.6 is 12.4 Å². The van der Waals surface area contributed by atoms with E-state index < -0.39 is 0 Å². The Morgan fingerprint density at radius 2 is 2.00 bits per heavy atom. The standard InChI is InChI=1S/C18H26N2O2.ClH/c1-22-13-18(7-9-19-10-8-18)12-20-17(21)16-6-5-14-3-2-4-15(14)11-16;/h5-6,11,19H,2-4,7-10,12-13H2,1H3,(H,20,21);1H. The molecule has 1 fully saturated rings. The first kappa shape index (κ1) is 18.2. The molecule has 1 heterocycles. The molecule has 2 N–H and O–H groups in total. The van der Waals surface area contributed by atoms with Crippen molar-refractivity contribution in [2.75, 3.05) is 33.4 Å². The molecular formula is C18H27ClN2O2. The smallest absolute Gasteiger partial charge is 0.251 e. The molecule has 1 aliphatic heterocycles. The maximum Gasteiger partial charge on any atom is 0.251 e. The maximum atomic E-state index is 12.5. The SMILES string of the molecule is COCC1(CNC(=O)c2ccc3c(c2)CCC3)CCNCC1.Cl. The topological polar surface area (TPSA) is 50.4 Å². The third kappa shape index (κ3) is 4.25. The molecular weight excluding hydrogens is 312 g/mol. The highest BCUT2D eigenvalue weighted by Crippen LogP contribution is 2.28. The van der Waals surface area contributed by atoms with E-state index in [1.165, 1.54) is 17.5 Å². The number of aryl methyl sites for hydroxylation is 2. The number of nitrogens with one attached hydrogen (secondary N) is 2. The van der Waals surface area contributed by atoms with Crippen molar-refractivity contribution in [2.24, 2.45) is 5.41 Å². The lowest BCUT2D eigenvalue weighted by Crippen LogP contribution is -2.47. The van der Waals surface area contributed by atoms with E-state index in [2.05, 4.69) is 22.8 Å². The highest BCUT2D eigenvalue weighted by Gasteiger charge is 2.32. The van der Waals surface area contributed by atoms with Crippen molar-refractivity contribution in [2.45, 2.75) is 32.1 Å². The minimum atomic E-state index is 0. The number of methoxy groups -OCH3 is 1. The van der Waals surface area contributed by atoms with Crippen LogP contribution in [0.2, 0.25) is 0 Å². The van der Waals surface area contributed by atoms with Crippen LogP contribution in [0.1, 0.15) is 40.7 Å². The maximum absolute atomic E-state index is 12.5. The molecule has 3 rings (SSSR count). The summed E-state index contributed by atoms with van der Waals surface area (Å²) in [6.07, 6.45) is 5.57. The molecule has 0 saturated carbocycles. The normalized spacial score (nSPS) is 18.8. The zero-order valence-corrected chi connectivity index (χ0v) is 14.6. The van der Waals surface area contributed by atoms with Crippen LogP contribution in [-0.4, -0.2) is 39.3 Å². The molecule has 4 nitrogen and oxygen atoms in total. The molecule has 5 heteroatoms. The van der Waals surface area contributed by atoms with Crippen LogP contribution in [0.3, 0.4) is 0 Å². The lowest BCUT2D eigenvalue weighted by Gasteiger charge is -2.37. The summed E-state index contributed by atoms with van der Waals surface area (Å²) >= 11 is 0. The van der Waals surface area contributed by atoms with Gasteiger partial charge in [-0.15, -0.1) is 12.4 Å². The third-order valence-electron chi connectivity index (χ3n) is 5.10. The Labute approximate surface area is 144 Å². The number of rotatable bonds is 5. The molecule has 2 aliphatic rings. The Bertz CT molecular complexity index is 536. The molecule has 0 aromatic heterocycles. The Balaban J connectivity index is 0.00000192. The monoisotopic (exact) mass is 338 g/mol. The van der Waals surface area contributed by atoms with E-state index in [0.717, 1.165) is 44.3 Å². The Morgan fingerprint density at radius 1 is 1.26 bits per heavy atom. The average molecular weight is 339 g/mol. The Morgan fingerprint density at radius 3 is 2.74 bits per heavy atom. The second-order valence-corrected chi connectivity index (χ2v) is 6.70. The van der Waals surface area contributed by atoms with E-state index in [0.29, 0.717) is 13.2 Å². The minimum Gasteiger partial charge on any atom is -0.384 e. The largest absolute Gasteiger partial charge is 0.384 e. The molecule has 0 unspecified atom stereocenters. The Hall–Kier alpha value is -1.10. The van der Waals surface area contributed by atoms with Crippen molar-refractivity contribution < 1.29 is 9.53 Å². The van der Waals surface area contributed by atoms with Crippen LogP contribution in [0.15, 0.2) is 18.2 Å². The van der Waals surface area contributed by atoms with Crippen molar-refractivity contribution in [3.05, 3.63) is 34.9 Å².